The van der Waals surface area contributed by atoms with Gasteiger partial charge in [0.25, 0.3) is 5.91 Å². The van der Waals surface area contributed by atoms with Crippen LogP contribution in [0.25, 0.3) is 0 Å². The lowest BCUT2D eigenvalue weighted by molar-refractivity contribution is 0.00990. The van der Waals surface area contributed by atoms with Crippen molar-refractivity contribution in [2.24, 2.45) is 4.99 Å². The molecular weight excluding hydrogens is 392 g/mol. The SMILES string of the molecule is CCNC(=NCCNC(=O)c1ccc(Cl)cc1)N1CCC(OCCCOC)CC1. The molecule has 1 saturated heterocycles. The molecule has 0 atom stereocenters. The maximum atomic E-state index is 12.1. The molecule has 2 rings (SSSR count). The van der Waals surface area contributed by atoms with Gasteiger partial charge in [-0.2, -0.15) is 0 Å². The van der Waals surface area contributed by atoms with Gasteiger partial charge < -0.3 is 25.0 Å². The first-order chi connectivity index (χ1) is 14.1. The average Bonchev–Trinajstić information content (AvgIpc) is 2.74. The van der Waals surface area contributed by atoms with Crippen LogP contribution in [0.3, 0.4) is 0 Å². The molecule has 2 N–H and O–H groups in total. The average molecular weight is 425 g/mol. The Kier molecular flexibility index (Phi) is 10.8. The Morgan fingerprint density at radius 3 is 2.59 bits per heavy atom. The highest BCUT2D eigenvalue weighted by Crippen LogP contribution is 2.14. The number of nitrogens with zero attached hydrogens (tertiary/aromatic N) is 2. The summed E-state index contributed by atoms with van der Waals surface area (Å²) in [6, 6.07) is 6.85. The minimum Gasteiger partial charge on any atom is -0.385 e. The van der Waals surface area contributed by atoms with E-state index in [-0.39, 0.29) is 5.91 Å². The van der Waals surface area contributed by atoms with E-state index in [4.69, 9.17) is 21.1 Å². The van der Waals surface area contributed by atoms with Crippen LogP contribution in [0.1, 0.15) is 36.5 Å². The molecule has 0 aliphatic carbocycles. The summed E-state index contributed by atoms with van der Waals surface area (Å²) in [6.07, 6.45) is 3.22. The van der Waals surface area contributed by atoms with Crippen molar-refractivity contribution in [3.8, 4) is 0 Å². The summed E-state index contributed by atoms with van der Waals surface area (Å²) < 4.78 is 11.0. The first-order valence-corrected chi connectivity index (χ1v) is 10.7. The first kappa shape index (κ1) is 23.4. The van der Waals surface area contributed by atoms with E-state index in [1.807, 2.05) is 0 Å². The zero-order valence-corrected chi connectivity index (χ0v) is 18.2. The number of nitrogens with one attached hydrogen (secondary N) is 2. The maximum Gasteiger partial charge on any atom is 0.251 e. The van der Waals surface area contributed by atoms with Crippen molar-refractivity contribution in [3.63, 3.8) is 0 Å². The van der Waals surface area contributed by atoms with E-state index in [0.717, 1.165) is 58.1 Å². The number of carbonyl (C=O) groups is 1. The van der Waals surface area contributed by atoms with Gasteiger partial charge in [-0.3, -0.25) is 9.79 Å². The fraction of sp³-hybridized carbons (Fsp3) is 0.619. The minimum absolute atomic E-state index is 0.117. The molecule has 1 aromatic carbocycles. The summed E-state index contributed by atoms with van der Waals surface area (Å²) in [4.78, 5) is 19.1. The number of halogens is 1. The highest BCUT2D eigenvalue weighted by Gasteiger charge is 2.21. The van der Waals surface area contributed by atoms with E-state index in [2.05, 4.69) is 27.4 Å². The predicted molar refractivity (Wildman–Crippen MR) is 117 cm³/mol. The monoisotopic (exact) mass is 424 g/mol. The van der Waals surface area contributed by atoms with Crippen LogP contribution in [0, 0.1) is 0 Å². The van der Waals surface area contributed by atoms with Gasteiger partial charge in [0, 0.05) is 57.1 Å². The molecule has 0 aromatic heterocycles. The van der Waals surface area contributed by atoms with Crippen molar-refractivity contribution >= 4 is 23.5 Å². The third kappa shape index (κ3) is 8.60. The number of piperidine rings is 1. The number of methoxy groups -OCH3 is 1. The van der Waals surface area contributed by atoms with Gasteiger partial charge in [0.1, 0.15) is 0 Å². The molecule has 162 valence electrons. The van der Waals surface area contributed by atoms with E-state index >= 15 is 0 Å². The van der Waals surface area contributed by atoms with Crippen LogP contribution in [0.2, 0.25) is 5.02 Å². The van der Waals surface area contributed by atoms with E-state index < -0.39 is 0 Å². The Morgan fingerprint density at radius 2 is 1.93 bits per heavy atom. The number of carbonyl (C=O) groups excluding carboxylic acids is 1. The molecule has 0 unspecified atom stereocenters. The predicted octanol–water partition coefficient (Wildman–Crippen LogP) is 2.55. The number of ether oxygens (including phenoxy) is 2. The van der Waals surface area contributed by atoms with Crippen LogP contribution in [0.15, 0.2) is 29.3 Å². The summed E-state index contributed by atoms with van der Waals surface area (Å²) in [5.74, 6) is 0.777. The Labute approximate surface area is 178 Å². The maximum absolute atomic E-state index is 12.1. The van der Waals surface area contributed by atoms with Gasteiger partial charge in [-0.15, -0.1) is 0 Å². The van der Waals surface area contributed by atoms with Gasteiger partial charge in [-0.25, -0.2) is 0 Å². The molecule has 1 aliphatic heterocycles. The van der Waals surface area contributed by atoms with Gasteiger partial charge >= 0.3 is 0 Å². The molecule has 8 heteroatoms. The van der Waals surface area contributed by atoms with Crippen molar-refractivity contribution < 1.29 is 14.3 Å². The van der Waals surface area contributed by atoms with Crippen LogP contribution in [0.5, 0.6) is 0 Å². The number of rotatable bonds is 10. The van der Waals surface area contributed by atoms with Gasteiger partial charge in [-0.1, -0.05) is 11.6 Å². The lowest BCUT2D eigenvalue weighted by Crippen LogP contribution is -2.47. The van der Waals surface area contributed by atoms with Crippen LogP contribution < -0.4 is 10.6 Å². The summed E-state index contributed by atoms with van der Waals surface area (Å²) >= 11 is 5.85. The van der Waals surface area contributed by atoms with Crippen LogP contribution in [-0.4, -0.2) is 75.9 Å². The molecule has 1 fully saturated rings. The second-order valence-corrected chi connectivity index (χ2v) is 7.34. The highest BCUT2D eigenvalue weighted by atomic mass is 35.5. The fourth-order valence-electron chi connectivity index (χ4n) is 3.15. The molecule has 0 spiro atoms. The van der Waals surface area contributed by atoms with Crippen LogP contribution in [0.4, 0.5) is 0 Å². The highest BCUT2D eigenvalue weighted by molar-refractivity contribution is 6.30. The van der Waals surface area contributed by atoms with Crippen molar-refractivity contribution in [2.45, 2.75) is 32.3 Å². The zero-order valence-electron chi connectivity index (χ0n) is 17.5. The number of amides is 1. The molecule has 0 bridgehead atoms. The number of hydrogen-bond acceptors (Lipinski definition) is 4. The largest absolute Gasteiger partial charge is 0.385 e. The quantitative estimate of drug-likeness (QED) is 0.343. The number of benzene rings is 1. The molecule has 0 radical (unpaired) electrons. The molecule has 1 aliphatic rings. The summed E-state index contributed by atoms with van der Waals surface area (Å²) in [7, 11) is 1.71. The van der Waals surface area contributed by atoms with Gasteiger partial charge in [-0.05, 0) is 50.5 Å². The number of aliphatic imine (C=N–C) groups is 1. The topological polar surface area (TPSA) is 75.2 Å². The minimum atomic E-state index is -0.117. The van der Waals surface area contributed by atoms with E-state index in [1.54, 1.807) is 31.4 Å². The summed E-state index contributed by atoms with van der Waals surface area (Å²) in [5.41, 5.74) is 0.595. The molecule has 1 heterocycles. The van der Waals surface area contributed by atoms with Crippen molar-refractivity contribution in [1.82, 2.24) is 15.5 Å². The van der Waals surface area contributed by atoms with Gasteiger partial charge in [0.15, 0.2) is 5.96 Å². The normalized spacial score (nSPS) is 15.4. The Morgan fingerprint density at radius 1 is 1.21 bits per heavy atom. The third-order valence-electron chi connectivity index (χ3n) is 4.69. The summed E-state index contributed by atoms with van der Waals surface area (Å²) in [6.45, 7) is 7.19. The molecule has 1 aromatic rings. The second-order valence-electron chi connectivity index (χ2n) is 6.90. The number of likely N-dealkylation sites (tertiary alicyclic amines) is 1. The van der Waals surface area contributed by atoms with Gasteiger partial charge in [0.2, 0.25) is 0 Å². The van der Waals surface area contributed by atoms with Crippen LogP contribution in [-0.2, 0) is 9.47 Å². The third-order valence-corrected chi connectivity index (χ3v) is 4.94. The molecule has 1 amide bonds. The van der Waals surface area contributed by atoms with E-state index in [9.17, 15) is 4.79 Å². The van der Waals surface area contributed by atoms with Gasteiger partial charge in [0.05, 0.1) is 12.6 Å². The molecule has 0 saturated carbocycles. The van der Waals surface area contributed by atoms with Crippen molar-refractivity contribution in [2.75, 3.05) is 53.0 Å². The Hall–Kier alpha value is -1.83. The van der Waals surface area contributed by atoms with Crippen LogP contribution >= 0.6 is 11.6 Å². The van der Waals surface area contributed by atoms with E-state index in [1.165, 1.54) is 0 Å². The standard InChI is InChI=1S/C21H33ClN4O3/c1-3-23-21(26-13-9-19(10-14-26)29-16-4-15-28-2)25-12-11-24-20(27)17-5-7-18(22)8-6-17/h5-8,19H,3-4,9-16H2,1-2H3,(H,23,25)(H,24,27). The summed E-state index contributed by atoms with van der Waals surface area (Å²) in [5, 5.41) is 6.85. The molecular formula is C21H33ClN4O3. The molecule has 7 nitrogen and oxygen atoms in total. The second kappa shape index (κ2) is 13.4. The zero-order chi connectivity index (χ0) is 20.9. The Bertz CT molecular complexity index is 631. The van der Waals surface area contributed by atoms with Crippen molar-refractivity contribution in [3.05, 3.63) is 34.9 Å². The van der Waals surface area contributed by atoms with Crippen molar-refractivity contribution in [1.29, 1.82) is 0 Å². The molecule has 29 heavy (non-hydrogen) atoms. The Balaban J connectivity index is 1.73. The lowest BCUT2D eigenvalue weighted by Gasteiger charge is -2.34. The van der Waals surface area contributed by atoms with E-state index in [0.29, 0.717) is 29.8 Å². The fourth-order valence-corrected chi connectivity index (χ4v) is 3.27. The number of hydrogen-bond donors (Lipinski definition) is 2. The lowest BCUT2D eigenvalue weighted by atomic mass is 10.1. The first-order valence-electron chi connectivity index (χ1n) is 10.3. The number of guanidine groups is 1. The smallest absolute Gasteiger partial charge is 0.251 e.